The van der Waals surface area contributed by atoms with E-state index in [0.29, 0.717) is 0 Å². The van der Waals surface area contributed by atoms with Gasteiger partial charge in [-0.05, 0) is 17.7 Å². The summed E-state index contributed by atoms with van der Waals surface area (Å²) in [6.07, 6.45) is 0. The predicted octanol–water partition coefficient (Wildman–Crippen LogP) is 2.83. The summed E-state index contributed by atoms with van der Waals surface area (Å²) in [5, 5.41) is 15.6. The van der Waals surface area contributed by atoms with Gasteiger partial charge in [0, 0.05) is 55.9 Å². The number of piperazine rings is 1. The van der Waals surface area contributed by atoms with E-state index in [1.807, 2.05) is 30.3 Å². The summed E-state index contributed by atoms with van der Waals surface area (Å²) in [6.45, 7) is 5.99. The molecule has 2 N–H and O–H groups in total. The van der Waals surface area contributed by atoms with E-state index >= 15 is 0 Å². The first-order valence-corrected chi connectivity index (χ1v) is 10.1. The second-order valence-electron chi connectivity index (χ2n) is 6.93. The standard InChI is InChI=1S/C20H25ClN2O2.C2H2O4/c1-24-18-8-7-17(20(13-18)25-2)15-23-11-9-22(10-12-23)14-16-5-3-4-6-19(16)21;3-1(4)2(5)6/h3-8,13H,9-12,14-15H2,1-2H3;(H,3,4)(H,5,6). The van der Waals surface area contributed by atoms with Crippen LogP contribution in [0.5, 0.6) is 11.5 Å². The number of carboxylic acid groups (broad SMARTS) is 2. The Balaban J connectivity index is 0.000000501. The van der Waals surface area contributed by atoms with Gasteiger partial charge in [0.05, 0.1) is 14.2 Å². The zero-order valence-corrected chi connectivity index (χ0v) is 18.3. The number of ether oxygens (including phenoxy) is 2. The second-order valence-corrected chi connectivity index (χ2v) is 7.34. The normalized spacial score (nSPS) is 14.3. The highest BCUT2D eigenvalue weighted by atomic mass is 35.5. The van der Waals surface area contributed by atoms with Crippen molar-refractivity contribution >= 4 is 23.5 Å². The first kappa shape index (κ1) is 24.5. The highest BCUT2D eigenvalue weighted by Gasteiger charge is 2.19. The summed E-state index contributed by atoms with van der Waals surface area (Å²) in [5.74, 6) is -1.94. The van der Waals surface area contributed by atoms with Gasteiger partial charge in [0.25, 0.3) is 0 Å². The van der Waals surface area contributed by atoms with Crippen molar-refractivity contribution in [1.29, 1.82) is 0 Å². The van der Waals surface area contributed by atoms with E-state index in [9.17, 15) is 0 Å². The number of rotatable bonds is 6. The summed E-state index contributed by atoms with van der Waals surface area (Å²) in [7, 11) is 3.38. The molecule has 0 aromatic heterocycles. The summed E-state index contributed by atoms with van der Waals surface area (Å²) >= 11 is 6.28. The van der Waals surface area contributed by atoms with Gasteiger partial charge in [-0.3, -0.25) is 9.80 Å². The van der Waals surface area contributed by atoms with E-state index in [1.54, 1.807) is 14.2 Å². The maximum Gasteiger partial charge on any atom is 0.414 e. The Bertz CT molecular complexity index is 872. The number of nitrogens with zero attached hydrogens (tertiary/aromatic N) is 2. The summed E-state index contributed by atoms with van der Waals surface area (Å²) < 4.78 is 10.8. The van der Waals surface area contributed by atoms with Crippen LogP contribution in [0.2, 0.25) is 5.02 Å². The molecule has 1 heterocycles. The lowest BCUT2D eigenvalue weighted by atomic mass is 10.1. The predicted molar refractivity (Wildman–Crippen MR) is 117 cm³/mol. The number of aliphatic carboxylic acids is 2. The zero-order valence-electron chi connectivity index (χ0n) is 17.6. The number of hydrogen-bond donors (Lipinski definition) is 2. The molecule has 0 saturated carbocycles. The van der Waals surface area contributed by atoms with Gasteiger partial charge in [0.2, 0.25) is 0 Å². The van der Waals surface area contributed by atoms with Gasteiger partial charge >= 0.3 is 11.9 Å². The molecule has 3 rings (SSSR count). The molecule has 0 spiro atoms. The van der Waals surface area contributed by atoms with Crippen molar-refractivity contribution in [3.63, 3.8) is 0 Å². The fraction of sp³-hybridized carbons (Fsp3) is 0.364. The van der Waals surface area contributed by atoms with Gasteiger partial charge in [-0.2, -0.15) is 0 Å². The van der Waals surface area contributed by atoms with Crippen LogP contribution in [0.25, 0.3) is 0 Å². The van der Waals surface area contributed by atoms with Crippen molar-refractivity contribution in [3.05, 3.63) is 58.6 Å². The zero-order chi connectivity index (χ0) is 22.8. The van der Waals surface area contributed by atoms with Gasteiger partial charge in [0.15, 0.2) is 0 Å². The van der Waals surface area contributed by atoms with Crippen molar-refractivity contribution in [3.8, 4) is 11.5 Å². The third kappa shape index (κ3) is 7.75. The lowest BCUT2D eigenvalue weighted by Gasteiger charge is -2.35. The molecule has 31 heavy (non-hydrogen) atoms. The smallest absolute Gasteiger partial charge is 0.414 e. The fourth-order valence-electron chi connectivity index (χ4n) is 3.20. The molecule has 0 amide bonds. The van der Waals surface area contributed by atoms with Crippen molar-refractivity contribution in [2.24, 2.45) is 0 Å². The number of carbonyl (C=O) groups is 2. The maximum absolute atomic E-state index is 9.10. The van der Waals surface area contributed by atoms with Crippen LogP contribution in [-0.4, -0.2) is 72.4 Å². The number of methoxy groups -OCH3 is 2. The van der Waals surface area contributed by atoms with Gasteiger partial charge in [-0.1, -0.05) is 35.9 Å². The van der Waals surface area contributed by atoms with E-state index in [-0.39, 0.29) is 0 Å². The van der Waals surface area contributed by atoms with E-state index in [2.05, 4.69) is 21.9 Å². The molecule has 1 aliphatic rings. The van der Waals surface area contributed by atoms with E-state index < -0.39 is 11.9 Å². The molecule has 1 fully saturated rings. The average Bonchev–Trinajstić information content (AvgIpc) is 2.77. The summed E-state index contributed by atoms with van der Waals surface area (Å²) in [5.41, 5.74) is 2.40. The van der Waals surface area contributed by atoms with E-state index in [1.165, 1.54) is 11.1 Å². The minimum absolute atomic E-state index is 0.824. The van der Waals surface area contributed by atoms with Crippen LogP contribution in [0.1, 0.15) is 11.1 Å². The minimum atomic E-state index is -1.82. The molecule has 168 valence electrons. The molecule has 0 radical (unpaired) electrons. The Hall–Kier alpha value is -2.81. The van der Waals surface area contributed by atoms with E-state index in [4.69, 9.17) is 40.9 Å². The first-order chi connectivity index (χ1) is 14.8. The molecule has 8 nitrogen and oxygen atoms in total. The van der Waals surface area contributed by atoms with Crippen molar-refractivity contribution in [1.82, 2.24) is 9.80 Å². The molecule has 9 heteroatoms. The highest BCUT2D eigenvalue weighted by molar-refractivity contribution is 6.31. The minimum Gasteiger partial charge on any atom is -0.497 e. The third-order valence-corrected chi connectivity index (χ3v) is 5.26. The van der Waals surface area contributed by atoms with Crippen LogP contribution in [0.3, 0.4) is 0 Å². The Morgan fingerprint density at radius 1 is 0.871 bits per heavy atom. The van der Waals surface area contributed by atoms with Crippen LogP contribution in [0, 0.1) is 0 Å². The third-order valence-electron chi connectivity index (χ3n) is 4.89. The molecule has 0 atom stereocenters. The highest BCUT2D eigenvalue weighted by Crippen LogP contribution is 2.26. The van der Waals surface area contributed by atoms with Crippen molar-refractivity contribution < 1.29 is 29.3 Å². The molecular weight excluding hydrogens is 424 g/mol. The van der Waals surface area contributed by atoms with E-state index in [0.717, 1.165) is 55.8 Å². The number of halogens is 1. The monoisotopic (exact) mass is 450 g/mol. The molecule has 0 bridgehead atoms. The van der Waals surface area contributed by atoms with Gasteiger partial charge in [0.1, 0.15) is 11.5 Å². The number of carboxylic acids is 2. The fourth-order valence-corrected chi connectivity index (χ4v) is 3.39. The van der Waals surface area contributed by atoms with Crippen LogP contribution in [-0.2, 0) is 22.7 Å². The lowest BCUT2D eigenvalue weighted by Crippen LogP contribution is -2.45. The molecule has 1 saturated heterocycles. The Morgan fingerprint density at radius 2 is 1.42 bits per heavy atom. The summed E-state index contributed by atoms with van der Waals surface area (Å²) in [6, 6.07) is 14.1. The van der Waals surface area contributed by atoms with Crippen molar-refractivity contribution in [2.45, 2.75) is 13.1 Å². The number of hydrogen-bond acceptors (Lipinski definition) is 6. The quantitative estimate of drug-likeness (QED) is 0.648. The largest absolute Gasteiger partial charge is 0.497 e. The molecular formula is C22H27ClN2O6. The lowest BCUT2D eigenvalue weighted by molar-refractivity contribution is -0.159. The topological polar surface area (TPSA) is 99.5 Å². The molecule has 2 aromatic rings. The maximum atomic E-state index is 9.10. The molecule has 2 aromatic carbocycles. The van der Waals surface area contributed by atoms with Crippen LogP contribution < -0.4 is 9.47 Å². The summed E-state index contributed by atoms with van der Waals surface area (Å²) in [4.78, 5) is 23.1. The van der Waals surface area contributed by atoms with Gasteiger partial charge < -0.3 is 19.7 Å². The molecule has 0 unspecified atom stereocenters. The Labute approximate surface area is 186 Å². The Kier molecular flexibility index (Phi) is 9.58. The SMILES string of the molecule is COc1ccc(CN2CCN(Cc3ccccc3Cl)CC2)c(OC)c1.O=C(O)C(=O)O. The van der Waals surface area contributed by atoms with Gasteiger partial charge in [-0.25, -0.2) is 9.59 Å². The average molecular weight is 451 g/mol. The van der Waals surface area contributed by atoms with Crippen LogP contribution in [0.15, 0.2) is 42.5 Å². The van der Waals surface area contributed by atoms with Crippen LogP contribution in [0.4, 0.5) is 0 Å². The first-order valence-electron chi connectivity index (χ1n) is 9.69. The number of benzene rings is 2. The Morgan fingerprint density at radius 3 is 1.90 bits per heavy atom. The van der Waals surface area contributed by atoms with Crippen molar-refractivity contribution in [2.75, 3.05) is 40.4 Å². The molecule has 1 aliphatic heterocycles. The van der Waals surface area contributed by atoms with Gasteiger partial charge in [-0.15, -0.1) is 0 Å². The molecule has 0 aliphatic carbocycles. The second kappa shape index (κ2) is 12.1. The van der Waals surface area contributed by atoms with Crippen LogP contribution >= 0.6 is 11.6 Å².